The SMILES string of the molecule is CO[C@H]1/C=C/O[C@@]2(C)Oc3c(C)c(O)c4c(c3C2=O)C(=Nc2cc(Cl)c(Br)cc2O)C=C(NC(=O)/C(C)=C\C=C\[C@H](C)[C@H](O)[C@@H](C)[C@@H](O)[C@@H](C)[C@H](OC(C)=O)[C@@H]1C)C4=O. The van der Waals surface area contributed by atoms with E-state index in [1.165, 1.54) is 71.4 Å². The number of methoxy groups -OCH3 is 1. The Morgan fingerprint density at radius 3 is 2.31 bits per heavy atom. The van der Waals surface area contributed by atoms with Crippen molar-refractivity contribution >= 4 is 62.4 Å². The van der Waals surface area contributed by atoms with Crippen LogP contribution in [0.25, 0.3) is 0 Å². The van der Waals surface area contributed by atoms with Gasteiger partial charge in [-0.2, -0.15) is 0 Å². The third-order valence-corrected chi connectivity index (χ3v) is 12.3. The van der Waals surface area contributed by atoms with E-state index in [2.05, 4.69) is 26.2 Å². The number of nitrogens with one attached hydrogen (secondary N) is 1. The minimum atomic E-state index is -2.06. The summed E-state index contributed by atoms with van der Waals surface area (Å²) in [5.41, 5.74) is -0.950. The molecule has 316 valence electrons. The molecular formula is C43H48BrClN2O12. The maximum atomic E-state index is 14.5. The van der Waals surface area contributed by atoms with E-state index in [9.17, 15) is 39.6 Å². The highest BCUT2D eigenvalue weighted by Crippen LogP contribution is 2.49. The number of aliphatic imine (C=N–C) groups is 1. The van der Waals surface area contributed by atoms with Crippen molar-refractivity contribution in [2.75, 3.05) is 7.11 Å². The lowest BCUT2D eigenvalue weighted by Crippen LogP contribution is -2.46. The smallest absolute Gasteiger partial charge is 0.312 e. The molecule has 0 spiro atoms. The van der Waals surface area contributed by atoms with E-state index in [-0.39, 0.29) is 61.4 Å². The molecule has 0 radical (unpaired) electrons. The van der Waals surface area contributed by atoms with Gasteiger partial charge in [0.1, 0.15) is 29.0 Å². The van der Waals surface area contributed by atoms with Crippen LogP contribution in [0.4, 0.5) is 5.69 Å². The number of phenolic OH excluding ortho intramolecular Hbond substituents is 2. The van der Waals surface area contributed by atoms with Crippen LogP contribution in [0.2, 0.25) is 5.02 Å². The molecule has 14 nitrogen and oxygen atoms in total. The maximum absolute atomic E-state index is 14.5. The van der Waals surface area contributed by atoms with Crippen LogP contribution in [0.3, 0.4) is 0 Å². The van der Waals surface area contributed by atoms with E-state index < -0.39 is 83.1 Å². The summed E-state index contributed by atoms with van der Waals surface area (Å²) in [6, 6.07) is 2.65. The van der Waals surface area contributed by atoms with Gasteiger partial charge in [0.15, 0.2) is 0 Å². The number of benzene rings is 2. The molecule has 5 bridgehead atoms. The second kappa shape index (κ2) is 17.8. The van der Waals surface area contributed by atoms with Crippen molar-refractivity contribution in [2.45, 2.75) is 85.6 Å². The average molecular weight is 900 g/mol. The van der Waals surface area contributed by atoms with Gasteiger partial charge in [-0.1, -0.05) is 57.5 Å². The topological polar surface area (TPSA) is 211 Å². The van der Waals surface area contributed by atoms with Gasteiger partial charge in [-0.3, -0.25) is 19.2 Å². The van der Waals surface area contributed by atoms with E-state index in [0.717, 1.165) is 0 Å². The number of ether oxygens (including phenoxy) is 4. The van der Waals surface area contributed by atoms with Crippen LogP contribution in [0, 0.1) is 30.6 Å². The van der Waals surface area contributed by atoms with Gasteiger partial charge in [-0.25, -0.2) is 4.99 Å². The summed E-state index contributed by atoms with van der Waals surface area (Å²) in [4.78, 5) is 59.2. The lowest BCUT2D eigenvalue weighted by molar-refractivity contribution is -0.160. The first-order valence-electron chi connectivity index (χ1n) is 18.9. The summed E-state index contributed by atoms with van der Waals surface area (Å²) in [6.45, 7) is 12.4. The van der Waals surface area contributed by atoms with E-state index in [0.29, 0.717) is 4.47 Å². The summed E-state index contributed by atoms with van der Waals surface area (Å²) >= 11 is 9.61. The number of fused-ring (bicyclic) bond motifs is 14. The predicted molar refractivity (Wildman–Crippen MR) is 222 cm³/mol. The molecule has 1 amide bonds. The van der Waals surface area contributed by atoms with Gasteiger partial charge in [0.25, 0.3) is 11.7 Å². The maximum Gasteiger partial charge on any atom is 0.312 e. The van der Waals surface area contributed by atoms with Crippen LogP contribution in [0.15, 0.2) is 69.5 Å². The molecule has 16 heteroatoms. The van der Waals surface area contributed by atoms with Gasteiger partial charge in [-0.15, -0.1) is 0 Å². The quantitative estimate of drug-likeness (QED) is 0.204. The zero-order chi connectivity index (χ0) is 43.8. The van der Waals surface area contributed by atoms with Gasteiger partial charge >= 0.3 is 11.8 Å². The van der Waals surface area contributed by atoms with Gasteiger partial charge < -0.3 is 44.7 Å². The molecule has 59 heavy (non-hydrogen) atoms. The molecule has 0 fully saturated rings. The number of esters is 1. The number of aliphatic hydroxyl groups is 2. The van der Waals surface area contributed by atoms with Crippen LogP contribution in [0.1, 0.15) is 80.3 Å². The molecule has 2 aromatic rings. The number of carbonyl (C=O) groups excluding carboxylic acids is 4. The van der Waals surface area contributed by atoms with Crippen molar-refractivity contribution in [3.05, 3.63) is 91.8 Å². The average Bonchev–Trinajstić information content (AvgIpc) is 3.45. The fourth-order valence-corrected chi connectivity index (χ4v) is 7.96. The van der Waals surface area contributed by atoms with E-state index in [1.807, 2.05) is 0 Å². The monoisotopic (exact) mass is 898 g/mol. The number of halogens is 2. The molecule has 1 aliphatic carbocycles. The summed E-state index contributed by atoms with van der Waals surface area (Å²) in [6.07, 6.45) is 4.64. The summed E-state index contributed by atoms with van der Waals surface area (Å²) in [5, 5.41) is 48.0. The number of nitrogens with zero attached hydrogens (tertiary/aromatic N) is 1. The number of rotatable bonds is 3. The highest BCUT2D eigenvalue weighted by Gasteiger charge is 2.51. The second-order valence-corrected chi connectivity index (χ2v) is 16.5. The second-order valence-electron chi connectivity index (χ2n) is 15.3. The first-order chi connectivity index (χ1) is 27.6. The number of allylic oxidation sites excluding steroid dienone is 4. The zero-order valence-corrected chi connectivity index (χ0v) is 36.3. The minimum Gasteiger partial charge on any atom is -0.507 e. The van der Waals surface area contributed by atoms with Crippen LogP contribution in [-0.4, -0.2) is 86.9 Å². The summed E-state index contributed by atoms with van der Waals surface area (Å²) < 4.78 is 24.0. The molecule has 3 heterocycles. The van der Waals surface area contributed by atoms with Crippen molar-refractivity contribution in [3.8, 4) is 17.2 Å². The van der Waals surface area contributed by atoms with Crippen molar-refractivity contribution in [1.29, 1.82) is 0 Å². The number of hydrogen-bond acceptors (Lipinski definition) is 13. The number of Topliss-reactive ketones (excluding diaryl/α,β-unsaturated/α-hetero) is 2. The lowest BCUT2D eigenvalue weighted by atomic mass is 9.78. The molecule has 5 N–H and O–H groups in total. The van der Waals surface area contributed by atoms with Crippen LogP contribution in [0.5, 0.6) is 17.2 Å². The summed E-state index contributed by atoms with van der Waals surface area (Å²) in [7, 11) is 1.43. The number of ketones is 2. The van der Waals surface area contributed by atoms with Crippen LogP contribution >= 0.6 is 27.5 Å². The number of carbonyl (C=O) groups is 4. The van der Waals surface area contributed by atoms with Gasteiger partial charge in [0.05, 0.1) is 52.1 Å². The van der Waals surface area contributed by atoms with E-state index in [4.69, 9.17) is 30.5 Å². The number of aromatic hydroxyl groups is 2. The molecule has 0 aromatic heterocycles. The van der Waals surface area contributed by atoms with Crippen LogP contribution < -0.4 is 10.1 Å². The van der Waals surface area contributed by atoms with Crippen molar-refractivity contribution < 1.29 is 58.6 Å². The van der Waals surface area contributed by atoms with Crippen molar-refractivity contribution in [1.82, 2.24) is 5.32 Å². The molecule has 0 saturated heterocycles. The molecule has 2 aromatic carbocycles. The Labute approximate surface area is 355 Å². The molecule has 3 aliphatic heterocycles. The highest BCUT2D eigenvalue weighted by atomic mass is 79.9. The Hall–Kier alpha value is -4.80. The molecule has 0 saturated carbocycles. The van der Waals surface area contributed by atoms with E-state index in [1.54, 1.807) is 39.8 Å². The normalized spacial score (nSPS) is 31.7. The standard InChI is InChI=1S/C43H48BrClN2O12/c1-18-11-10-12-19(2)42(55)47-29-17-28(46-27-16-26(45)25(44)15-30(27)49)32-33(38(29)53)37(52)23(6)40-34(32)41(54)43(8,59-40)57-14-13-31(56-9)20(3)39(58-24(7)48)22(5)36(51)21(4)35(18)50/h10-18,20-22,31,35-36,39,49-52H,1-9H3,(H,47,55)/b11-10+,14-13+,19-12-,46-28?/t18-,20+,21+,22+,31-,35-,36+,39+,43-/m0/s1. The number of hydrogen-bond donors (Lipinski definition) is 5. The van der Waals surface area contributed by atoms with Crippen molar-refractivity contribution in [3.63, 3.8) is 0 Å². The first kappa shape index (κ1) is 45.3. The van der Waals surface area contributed by atoms with Gasteiger partial charge in [-0.05, 0) is 54.1 Å². The molecular weight excluding hydrogens is 852 g/mol. The first-order valence-corrected chi connectivity index (χ1v) is 20.0. The van der Waals surface area contributed by atoms with Gasteiger partial charge in [0.2, 0.25) is 5.78 Å². The molecule has 0 unspecified atom stereocenters. The zero-order valence-electron chi connectivity index (χ0n) is 34.0. The predicted octanol–water partition coefficient (Wildman–Crippen LogP) is 6.69. The third-order valence-electron chi connectivity index (χ3n) is 11.1. The fourth-order valence-electron chi connectivity index (χ4n) is 7.47. The highest BCUT2D eigenvalue weighted by molar-refractivity contribution is 9.10. The number of aliphatic hydroxyl groups excluding tert-OH is 2. The third kappa shape index (κ3) is 8.90. The Morgan fingerprint density at radius 2 is 1.66 bits per heavy atom. The van der Waals surface area contributed by atoms with Gasteiger partial charge in [0, 0.05) is 65.8 Å². The Balaban J connectivity index is 1.71. The Morgan fingerprint density at radius 1 is 0.983 bits per heavy atom. The fraction of sp³-hybridized carbons (Fsp3) is 0.419. The van der Waals surface area contributed by atoms with Crippen molar-refractivity contribution in [2.24, 2.45) is 28.7 Å². The Kier molecular flexibility index (Phi) is 13.7. The van der Waals surface area contributed by atoms with Crippen LogP contribution in [-0.2, 0) is 23.8 Å². The van der Waals surface area contributed by atoms with E-state index >= 15 is 0 Å². The number of amides is 1. The Bertz CT molecular complexity index is 2230. The lowest BCUT2D eigenvalue weighted by Gasteiger charge is -2.38. The molecule has 4 aliphatic rings. The number of phenols is 2. The molecule has 6 rings (SSSR count). The molecule has 9 atom stereocenters. The summed E-state index contributed by atoms with van der Waals surface area (Å²) in [5.74, 6) is -8.45. The largest absolute Gasteiger partial charge is 0.507 e. The minimum absolute atomic E-state index is 0.0237.